The van der Waals surface area contributed by atoms with Crippen molar-refractivity contribution in [1.29, 1.82) is 0 Å². The Morgan fingerprint density at radius 3 is 2.88 bits per heavy atom. The molecule has 0 saturated heterocycles. The molecule has 1 N–H and O–H groups in total. The van der Waals surface area contributed by atoms with Crippen molar-refractivity contribution in [1.82, 2.24) is 10.3 Å². The number of ether oxygens (including phenoxy) is 2. The van der Waals surface area contributed by atoms with E-state index in [1.165, 1.54) is 0 Å². The van der Waals surface area contributed by atoms with Gasteiger partial charge in [-0.3, -0.25) is 0 Å². The van der Waals surface area contributed by atoms with Crippen LogP contribution in [0.15, 0.2) is 18.3 Å². The highest BCUT2D eigenvalue weighted by atomic mass is 16.5. The Hall–Kier alpha value is -1.13. The molecule has 0 bridgehead atoms. The zero-order valence-corrected chi connectivity index (χ0v) is 10.9. The van der Waals surface area contributed by atoms with Gasteiger partial charge in [0, 0.05) is 24.4 Å². The Kier molecular flexibility index (Phi) is 6.58. The number of nitrogens with one attached hydrogen (secondary N) is 1. The van der Waals surface area contributed by atoms with Crippen LogP contribution in [0.5, 0.6) is 5.88 Å². The van der Waals surface area contributed by atoms with Crippen molar-refractivity contribution >= 4 is 0 Å². The summed E-state index contributed by atoms with van der Waals surface area (Å²) >= 11 is 0. The first-order valence-corrected chi connectivity index (χ1v) is 6.12. The van der Waals surface area contributed by atoms with Gasteiger partial charge < -0.3 is 14.8 Å². The van der Waals surface area contributed by atoms with Gasteiger partial charge in [0.05, 0.1) is 6.61 Å². The van der Waals surface area contributed by atoms with Crippen molar-refractivity contribution in [2.45, 2.75) is 26.3 Å². The Balaban J connectivity index is 2.46. The molecule has 1 aromatic rings. The lowest BCUT2D eigenvalue weighted by molar-refractivity contribution is 0.0984. The van der Waals surface area contributed by atoms with Gasteiger partial charge in [-0.05, 0) is 26.5 Å². The van der Waals surface area contributed by atoms with Crippen LogP contribution in [0.4, 0.5) is 0 Å². The second-order valence-corrected chi connectivity index (χ2v) is 3.87. The third-order valence-corrected chi connectivity index (χ3v) is 2.52. The van der Waals surface area contributed by atoms with E-state index in [2.05, 4.69) is 24.1 Å². The van der Waals surface area contributed by atoms with Crippen LogP contribution in [-0.4, -0.2) is 31.9 Å². The minimum absolute atomic E-state index is 0.232. The highest BCUT2D eigenvalue weighted by Crippen LogP contribution is 2.21. The first-order valence-electron chi connectivity index (χ1n) is 6.12. The normalized spacial score (nSPS) is 12.4. The first-order chi connectivity index (χ1) is 8.29. The Bertz CT molecular complexity index is 318. The van der Waals surface area contributed by atoms with Gasteiger partial charge in [0.25, 0.3) is 0 Å². The van der Waals surface area contributed by atoms with Crippen LogP contribution in [-0.2, 0) is 4.74 Å². The lowest BCUT2D eigenvalue weighted by Crippen LogP contribution is -2.15. The average Bonchev–Trinajstić information content (AvgIpc) is 2.38. The summed E-state index contributed by atoms with van der Waals surface area (Å²) in [7, 11) is 1.92. The molecular weight excluding hydrogens is 216 g/mol. The van der Waals surface area contributed by atoms with Crippen LogP contribution in [0, 0.1) is 0 Å². The summed E-state index contributed by atoms with van der Waals surface area (Å²) in [5.41, 5.74) is 1.07. The molecule has 0 aromatic carbocycles. The highest BCUT2D eigenvalue weighted by Gasteiger charge is 2.10. The molecule has 0 amide bonds. The number of nitrogens with zero attached hydrogens (tertiary/aromatic N) is 1. The number of hydrogen-bond donors (Lipinski definition) is 1. The number of hydrogen-bond acceptors (Lipinski definition) is 4. The lowest BCUT2D eigenvalue weighted by atomic mass is 10.1. The van der Waals surface area contributed by atoms with E-state index in [0.717, 1.165) is 18.6 Å². The molecule has 0 aliphatic heterocycles. The smallest absolute Gasteiger partial charge is 0.218 e. The van der Waals surface area contributed by atoms with Crippen LogP contribution in [0.1, 0.15) is 31.9 Å². The first kappa shape index (κ1) is 13.9. The van der Waals surface area contributed by atoms with Crippen LogP contribution >= 0.6 is 0 Å². The maximum Gasteiger partial charge on any atom is 0.218 e. The highest BCUT2D eigenvalue weighted by molar-refractivity contribution is 5.28. The molecule has 0 aliphatic rings. The van der Waals surface area contributed by atoms with Gasteiger partial charge in [-0.2, -0.15) is 0 Å². The van der Waals surface area contributed by atoms with E-state index in [1.807, 2.05) is 19.2 Å². The fraction of sp³-hybridized carbons (Fsp3) is 0.615. The molecule has 0 saturated carbocycles. The van der Waals surface area contributed by atoms with E-state index in [0.29, 0.717) is 19.1 Å². The minimum Gasteiger partial charge on any atom is -0.475 e. The van der Waals surface area contributed by atoms with Gasteiger partial charge in [-0.25, -0.2) is 4.98 Å². The number of aromatic nitrogens is 1. The third kappa shape index (κ3) is 4.71. The molecule has 0 spiro atoms. The molecule has 1 rings (SSSR count). The van der Waals surface area contributed by atoms with Gasteiger partial charge >= 0.3 is 0 Å². The fourth-order valence-electron chi connectivity index (χ4n) is 1.45. The van der Waals surface area contributed by atoms with Crippen LogP contribution < -0.4 is 10.1 Å². The molecule has 1 atom stereocenters. The minimum atomic E-state index is 0.232. The topological polar surface area (TPSA) is 43.4 Å². The maximum atomic E-state index is 5.63. The third-order valence-electron chi connectivity index (χ3n) is 2.52. The summed E-state index contributed by atoms with van der Waals surface area (Å²) in [6.07, 6.45) is 2.78. The molecule has 0 radical (unpaired) electrons. The van der Waals surface area contributed by atoms with Crippen LogP contribution in [0.3, 0.4) is 0 Å². The Morgan fingerprint density at radius 1 is 1.35 bits per heavy atom. The van der Waals surface area contributed by atoms with E-state index in [1.54, 1.807) is 6.20 Å². The number of pyridine rings is 1. The van der Waals surface area contributed by atoms with E-state index in [9.17, 15) is 0 Å². The maximum absolute atomic E-state index is 5.63. The molecule has 0 fully saturated rings. The molecule has 96 valence electrons. The van der Waals surface area contributed by atoms with E-state index >= 15 is 0 Å². The van der Waals surface area contributed by atoms with Gasteiger partial charge in [-0.1, -0.05) is 13.0 Å². The zero-order chi connectivity index (χ0) is 12.5. The quantitative estimate of drug-likeness (QED) is 0.705. The van der Waals surface area contributed by atoms with Crippen LogP contribution in [0.2, 0.25) is 0 Å². The summed E-state index contributed by atoms with van der Waals surface area (Å²) in [6.45, 7) is 6.10. The monoisotopic (exact) mass is 238 g/mol. The second-order valence-electron chi connectivity index (χ2n) is 3.87. The molecule has 1 unspecified atom stereocenters. The van der Waals surface area contributed by atoms with Crippen molar-refractivity contribution in [2.75, 3.05) is 26.9 Å². The van der Waals surface area contributed by atoms with E-state index < -0.39 is 0 Å². The summed E-state index contributed by atoms with van der Waals surface area (Å²) in [4.78, 5) is 4.25. The standard InChI is InChI=1S/C13H22N2O2/c1-4-8-16-9-10-17-13-12(11(2)14-3)6-5-7-15-13/h5-7,11,14H,4,8-10H2,1-3H3. The summed E-state index contributed by atoms with van der Waals surface area (Å²) in [5.74, 6) is 0.689. The summed E-state index contributed by atoms with van der Waals surface area (Å²) < 4.78 is 11.0. The van der Waals surface area contributed by atoms with Crippen molar-refractivity contribution in [2.24, 2.45) is 0 Å². The summed E-state index contributed by atoms with van der Waals surface area (Å²) in [5, 5.41) is 3.18. The fourth-order valence-corrected chi connectivity index (χ4v) is 1.45. The van der Waals surface area contributed by atoms with Crippen molar-refractivity contribution in [3.8, 4) is 5.88 Å². The van der Waals surface area contributed by atoms with Crippen molar-refractivity contribution in [3.05, 3.63) is 23.9 Å². The van der Waals surface area contributed by atoms with E-state index in [-0.39, 0.29) is 6.04 Å². The summed E-state index contributed by atoms with van der Waals surface area (Å²) in [6, 6.07) is 4.18. The SMILES string of the molecule is CCCOCCOc1ncccc1C(C)NC. The predicted octanol–water partition coefficient (Wildman–Crippen LogP) is 2.17. The van der Waals surface area contributed by atoms with Gasteiger partial charge in [0.1, 0.15) is 6.61 Å². The molecule has 1 heterocycles. The Morgan fingerprint density at radius 2 is 2.18 bits per heavy atom. The van der Waals surface area contributed by atoms with Crippen molar-refractivity contribution < 1.29 is 9.47 Å². The predicted molar refractivity (Wildman–Crippen MR) is 68.3 cm³/mol. The van der Waals surface area contributed by atoms with E-state index in [4.69, 9.17) is 9.47 Å². The molecule has 0 aliphatic carbocycles. The molecule has 4 nitrogen and oxygen atoms in total. The van der Waals surface area contributed by atoms with Gasteiger partial charge in [0.15, 0.2) is 0 Å². The zero-order valence-electron chi connectivity index (χ0n) is 10.9. The van der Waals surface area contributed by atoms with Gasteiger partial charge in [0.2, 0.25) is 5.88 Å². The molecular formula is C13H22N2O2. The molecule has 17 heavy (non-hydrogen) atoms. The largest absolute Gasteiger partial charge is 0.475 e. The second kappa shape index (κ2) is 8.03. The van der Waals surface area contributed by atoms with Crippen LogP contribution in [0.25, 0.3) is 0 Å². The average molecular weight is 238 g/mol. The van der Waals surface area contributed by atoms with Crippen molar-refractivity contribution in [3.63, 3.8) is 0 Å². The lowest BCUT2D eigenvalue weighted by Gasteiger charge is -2.15. The van der Waals surface area contributed by atoms with Gasteiger partial charge in [-0.15, -0.1) is 0 Å². The number of rotatable bonds is 8. The Labute approximate surface area is 103 Å². The molecule has 4 heteroatoms. The molecule has 1 aromatic heterocycles.